The zero-order chi connectivity index (χ0) is 16.9. The first-order valence-electron chi connectivity index (χ1n) is 8.11. The summed E-state index contributed by atoms with van der Waals surface area (Å²) >= 11 is 0. The molecule has 1 amide bonds. The van der Waals surface area contributed by atoms with Crippen LogP contribution < -0.4 is 4.74 Å². The minimum Gasteiger partial charge on any atom is -0.477 e. The molecular formula is C16H21N5O3. The molecule has 0 spiro atoms. The summed E-state index contributed by atoms with van der Waals surface area (Å²) in [7, 11) is 0. The third kappa shape index (κ3) is 3.23. The molecule has 1 aliphatic rings. The van der Waals surface area contributed by atoms with Crippen molar-refractivity contribution in [3.63, 3.8) is 0 Å². The van der Waals surface area contributed by atoms with Gasteiger partial charge < -0.3 is 18.9 Å². The van der Waals surface area contributed by atoms with Crippen molar-refractivity contribution in [2.24, 2.45) is 0 Å². The van der Waals surface area contributed by atoms with Gasteiger partial charge in [0.25, 0.3) is 5.91 Å². The van der Waals surface area contributed by atoms with Crippen molar-refractivity contribution in [1.29, 1.82) is 0 Å². The zero-order valence-electron chi connectivity index (χ0n) is 13.9. The number of hydrogen-bond acceptors (Lipinski definition) is 6. The summed E-state index contributed by atoms with van der Waals surface area (Å²) in [6.07, 6.45) is 3.01. The normalized spacial score (nSPS) is 17.8. The molecule has 0 N–H and O–H groups in total. The van der Waals surface area contributed by atoms with Crippen LogP contribution in [0.5, 0.6) is 5.88 Å². The fourth-order valence-electron chi connectivity index (χ4n) is 2.72. The molecule has 0 saturated carbocycles. The first-order valence-corrected chi connectivity index (χ1v) is 8.11. The Kier molecular flexibility index (Phi) is 5.05. The summed E-state index contributed by atoms with van der Waals surface area (Å²) < 4.78 is 13.2. The monoisotopic (exact) mass is 331 g/mol. The lowest BCUT2D eigenvalue weighted by Gasteiger charge is -2.32. The second-order valence-corrected chi connectivity index (χ2v) is 5.37. The Bertz CT molecular complexity index is 703. The van der Waals surface area contributed by atoms with Gasteiger partial charge in [0, 0.05) is 19.3 Å². The fraction of sp³-hybridized carbons (Fsp3) is 0.500. The van der Waals surface area contributed by atoms with Crippen molar-refractivity contribution in [1.82, 2.24) is 24.6 Å². The number of carbonyl (C=O) groups excluding carboxylic acids is 1. The average Bonchev–Trinajstić information content (AvgIpc) is 3.11. The molecule has 24 heavy (non-hydrogen) atoms. The molecular weight excluding hydrogens is 310 g/mol. The first kappa shape index (κ1) is 16.4. The van der Waals surface area contributed by atoms with E-state index in [0.717, 1.165) is 12.4 Å². The van der Waals surface area contributed by atoms with Crippen LogP contribution in [0.15, 0.2) is 24.7 Å². The predicted molar refractivity (Wildman–Crippen MR) is 85.7 cm³/mol. The summed E-state index contributed by atoms with van der Waals surface area (Å²) in [5.41, 5.74) is 0.469. The minimum atomic E-state index is -0.280. The molecule has 128 valence electrons. The van der Waals surface area contributed by atoms with Crippen LogP contribution in [0, 0.1) is 0 Å². The molecule has 8 nitrogen and oxygen atoms in total. The number of pyridine rings is 1. The molecule has 0 radical (unpaired) electrons. The van der Waals surface area contributed by atoms with Gasteiger partial charge in [-0.3, -0.25) is 4.79 Å². The highest BCUT2D eigenvalue weighted by molar-refractivity contribution is 5.96. The van der Waals surface area contributed by atoms with Crippen molar-refractivity contribution in [2.45, 2.75) is 26.5 Å². The first-order chi connectivity index (χ1) is 11.7. The maximum absolute atomic E-state index is 12.9. The van der Waals surface area contributed by atoms with Crippen molar-refractivity contribution < 1.29 is 14.3 Å². The molecule has 0 unspecified atom stereocenters. The average molecular weight is 331 g/mol. The maximum Gasteiger partial charge on any atom is 0.259 e. The lowest BCUT2D eigenvalue weighted by atomic mass is 10.2. The number of ether oxygens (including phenoxy) is 2. The standard InChI is InChI=1S/C16H21N5O3/c1-3-20-11-18-19-14(20)13-10-21(8-9-24-13)16(22)12-6-5-7-17-15(12)23-4-2/h5-7,11,13H,3-4,8-10H2,1-2H3/t13-/m0/s1. The highest BCUT2D eigenvalue weighted by Crippen LogP contribution is 2.24. The number of carbonyl (C=O) groups is 1. The van der Waals surface area contributed by atoms with Gasteiger partial charge in [-0.25, -0.2) is 4.98 Å². The summed E-state index contributed by atoms with van der Waals surface area (Å²) in [6.45, 7) is 6.51. The molecule has 2 aromatic rings. The number of hydrogen-bond donors (Lipinski definition) is 0. The highest BCUT2D eigenvalue weighted by Gasteiger charge is 2.30. The third-order valence-electron chi connectivity index (χ3n) is 3.91. The number of nitrogens with zero attached hydrogens (tertiary/aromatic N) is 5. The SMILES string of the molecule is CCOc1ncccc1C(=O)N1CCO[C@H](c2nncn2CC)C1. The van der Waals surface area contributed by atoms with Gasteiger partial charge in [0.1, 0.15) is 18.0 Å². The molecule has 1 aliphatic heterocycles. The number of morpholine rings is 1. The van der Waals surface area contributed by atoms with Gasteiger partial charge in [0.2, 0.25) is 5.88 Å². The van der Waals surface area contributed by atoms with E-state index in [1.165, 1.54) is 0 Å². The third-order valence-corrected chi connectivity index (χ3v) is 3.91. The molecule has 3 heterocycles. The molecule has 1 atom stereocenters. The number of amides is 1. The molecule has 0 bridgehead atoms. The summed E-state index contributed by atoms with van der Waals surface area (Å²) in [6, 6.07) is 3.47. The minimum absolute atomic E-state index is 0.109. The van der Waals surface area contributed by atoms with Gasteiger partial charge in [-0.1, -0.05) is 0 Å². The number of rotatable bonds is 5. The van der Waals surface area contributed by atoms with E-state index in [1.54, 1.807) is 29.6 Å². The van der Waals surface area contributed by atoms with Crippen LogP contribution in [0.3, 0.4) is 0 Å². The fourth-order valence-corrected chi connectivity index (χ4v) is 2.72. The van der Waals surface area contributed by atoms with Crippen LogP contribution in [0.1, 0.15) is 36.1 Å². The lowest BCUT2D eigenvalue weighted by molar-refractivity contribution is -0.0285. The smallest absolute Gasteiger partial charge is 0.259 e. The summed E-state index contributed by atoms with van der Waals surface area (Å²) in [4.78, 5) is 18.8. The van der Waals surface area contributed by atoms with E-state index in [-0.39, 0.29) is 12.0 Å². The van der Waals surface area contributed by atoms with E-state index in [2.05, 4.69) is 15.2 Å². The van der Waals surface area contributed by atoms with Crippen molar-refractivity contribution in [2.75, 3.05) is 26.3 Å². The highest BCUT2D eigenvalue weighted by atomic mass is 16.5. The van der Waals surface area contributed by atoms with E-state index >= 15 is 0 Å². The van der Waals surface area contributed by atoms with E-state index in [4.69, 9.17) is 9.47 Å². The Hall–Kier alpha value is -2.48. The van der Waals surface area contributed by atoms with Crippen molar-refractivity contribution in [3.05, 3.63) is 36.0 Å². The number of aromatic nitrogens is 4. The Morgan fingerprint density at radius 2 is 2.33 bits per heavy atom. The van der Waals surface area contributed by atoms with Crippen LogP contribution >= 0.6 is 0 Å². The summed E-state index contributed by atoms with van der Waals surface area (Å²) in [5, 5.41) is 8.07. The topological polar surface area (TPSA) is 82.4 Å². The van der Waals surface area contributed by atoms with Gasteiger partial charge >= 0.3 is 0 Å². The molecule has 0 aromatic carbocycles. The van der Waals surface area contributed by atoms with Gasteiger partial charge in [0.05, 0.1) is 19.8 Å². The van der Waals surface area contributed by atoms with Crippen LogP contribution in [0.25, 0.3) is 0 Å². The Balaban J connectivity index is 1.79. The van der Waals surface area contributed by atoms with Crippen LogP contribution in [0.2, 0.25) is 0 Å². The van der Waals surface area contributed by atoms with Crippen molar-refractivity contribution in [3.8, 4) is 5.88 Å². The quantitative estimate of drug-likeness (QED) is 0.821. The number of aryl methyl sites for hydroxylation is 1. The molecule has 1 saturated heterocycles. The zero-order valence-corrected chi connectivity index (χ0v) is 13.9. The molecule has 2 aromatic heterocycles. The molecule has 1 fully saturated rings. The van der Waals surface area contributed by atoms with Crippen LogP contribution in [0.4, 0.5) is 0 Å². The second kappa shape index (κ2) is 7.39. The van der Waals surface area contributed by atoms with Gasteiger partial charge in [0.15, 0.2) is 5.82 Å². The van der Waals surface area contributed by atoms with Gasteiger partial charge in [-0.2, -0.15) is 0 Å². The van der Waals surface area contributed by atoms with E-state index in [1.807, 2.05) is 18.4 Å². The lowest BCUT2D eigenvalue weighted by Crippen LogP contribution is -2.43. The Morgan fingerprint density at radius 3 is 3.12 bits per heavy atom. The van der Waals surface area contributed by atoms with E-state index in [9.17, 15) is 4.79 Å². The largest absolute Gasteiger partial charge is 0.477 e. The maximum atomic E-state index is 12.9. The summed E-state index contributed by atoms with van der Waals surface area (Å²) in [5.74, 6) is 0.999. The van der Waals surface area contributed by atoms with Gasteiger partial charge in [-0.05, 0) is 26.0 Å². The molecule has 0 aliphatic carbocycles. The predicted octanol–water partition coefficient (Wildman–Crippen LogP) is 1.31. The Morgan fingerprint density at radius 1 is 1.46 bits per heavy atom. The van der Waals surface area contributed by atoms with E-state index < -0.39 is 0 Å². The van der Waals surface area contributed by atoms with Crippen LogP contribution in [-0.4, -0.2) is 56.9 Å². The Labute approximate surface area is 140 Å². The molecule has 3 rings (SSSR count). The molecule has 8 heteroatoms. The van der Waals surface area contributed by atoms with Gasteiger partial charge in [-0.15, -0.1) is 10.2 Å². The second-order valence-electron chi connectivity index (χ2n) is 5.37. The van der Waals surface area contributed by atoms with Crippen molar-refractivity contribution >= 4 is 5.91 Å². The van der Waals surface area contributed by atoms with Crippen LogP contribution in [-0.2, 0) is 11.3 Å². The van der Waals surface area contributed by atoms with E-state index in [0.29, 0.717) is 37.7 Å².